The van der Waals surface area contributed by atoms with Gasteiger partial charge in [0, 0.05) is 32.9 Å². The zero-order valence-electron chi connectivity index (χ0n) is 28.4. The molecule has 0 N–H and O–H groups in total. The summed E-state index contributed by atoms with van der Waals surface area (Å²) in [6.45, 7) is 0. The maximum atomic E-state index is 2.48. The first-order chi connectivity index (χ1) is 25.3. The Bertz CT molecular complexity index is 2950. The molecule has 1 aliphatic carbocycles. The zero-order valence-corrected chi connectivity index (χ0v) is 28.4. The Morgan fingerprint density at radius 3 is 1.86 bits per heavy atom. The standard InChI is InChI=1S/C49H36N2/c1-2-14-37(15-3-1)50-46-20-9-7-17-42(46)49-44-30-35-13-10-18-39(43(35)29-36(44)24-28-47(49)50)33-21-25-38(26-22-33)51-45-19-8-6-16-40(45)41-27-23-34(31-48(41)51)32-11-4-5-12-32/h1-3,6-10,13-32H,4-5,11-12H2. The predicted octanol–water partition coefficient (Wildman–Crippen LogP) is 13.5. The summed E-state index contributed by atoms with van der Waals surface area (Å²) in [5.41, 5.74) is 11.4. The third-order valence-electron chi connectivity index (χ3n) is 11.6. The van der Waals surface area contributed by atoms with Crippen molar-refractivity contribution in [1.82, 2.24) is 9.13 Å². The molecule has 2 heteroatoms. The average Bonchev–Trinajstić information content (AvgIpc) is 3.93. The molecule has 1 fully saturated rings. The Balaban J connectivity index is 1.06. The molecular formula is C49H36N2. The number of fused-ring (bicyclic) bond motifs is 9. The predicted molar refractivity (Wildman–Crippen MR) is 217 cm³/mol. The van der Waals surface area contributed by atoms with Gasteiger partial charge in [-0.25, -0.2) is 0 Å². The van der Waals surface area contributed by atoms with Gasteiger partial charge >= 0.3 is 0 Å². The van der Waals surface area contributed by atoms with E-state index in [-0.39, 0.29) is 0 Å². The lowest BCUT2D eigenvalue weighted by molar-refractivity contribution is 0.724. The van der Waals surface area contributed by atoms with E-state index in [1.807, 2.05) is 0 Å². The summed E-state index contributed by atoms with van der Waals surface area (Å²) in [7, 11) is 0. The van der Waals surface area contributed by atoms with Crippen LogP contribution in [0.2, 0.25) is 0 Å². The molecule has 2 heterocycles. The zero-order chi connectivity index (χ0) is 33.5. The molecule has 51 heavy (non-hydrogen) atoms. The number of para-hydroxylation sites is 3. The normalized spacial score (nSPS) is 13.9. The van der Waals surface area contributed by atoms with Crippen LogP contribution in [0.4, 0.5) is 0 Å². The minimum Gasteiger partial charge on any atom is -0.309 e. The number of hydrogen-bond donors (Lipinski definition) is 0. The van der Waals surface area contributed by atoms with Gasteiger partial charge in [-0.2, -0.15) is 0 Å². The minimum atomic E-state index is 0.685. The molecule has 242 valence electrons. The number of nitrogens with zero attached hydrogens (tertiary/aromatic N) is 2. The van der Waals surface area contributed by atoms with Crippen molar-refractivity contribution in [2.45, 2.75) is 31.6 Å². The summed E-state index contributed by atoms with van der Waals surface area (Å²) < 4.78 is 4.87. The molecule has 2 nitrogen and oxygen atoms in total. The number of rotatable bonds is 4. The van der Waals surface area contributed by atoms with Crippen molar-refractivity contribution in [2.24, 2.45) is 0 Å². The molecule has 0 atom stereocenters. The Morgan fingerprint density at radius 1 is 0.392 bits per heavy atom. The molecule has 0 bridgehead atoms. The molecule has 0 radical (unpaired) electrons. The van der Waals surface area contributed by atoms with Crippen LogP contribution in [0.3, 0.4) is 0 Å². The Hall–Kier alpha value is -6.12. The summed E-state index contributed by atoms with van der Waals surface area (Å²) in [6, 6.07) is 61.0. The highest BCUT2D eigenvalue weighted by Gasteiger charge is 2.20. The van der Waals surface area contributed by atoms with Gasteiger partial charge in [-0.1, -0.05) is 116 Å². The molecule has 1 saturated carbocycles. The van der Waals surface area contributed by atoms with Crippen LogP contribution in [0.15, 0.2) is 164 Å². The molecule has 8 aromatic carbocycles. The topological polar surface area (TPSA) is 9.86 Å². The second kappa shape index (κ2) is 11.2. The van der Waals surface area contributed by atoms with Crippen LogP contribution in [0.5, 0.6) is 0 Å². The van der Waals surface area contributed by atoms with E-state index in [0.29, 0.717) is 5.92 Å². The third kappa shape index (κ3) is 4.36. The van der Waals surface area contributed by atoms with E-state index >= 15 is 0 Å². The molecule has 0 spiro atoms. The lowest BCUT2D eigenvalue weighted by Crippen LogP contribution is -1.96. The number of hydrogen-bond acceptors (Lipinski definition) is 0. The first-order valence-corrected chi connectivity index (χ1v) is 18.4. The molecule has 10 aromatic rings. The van der Waals surface area contributed by atoms with Gasteiger partial charge in [-0.05, 0) is 118 Å². The highest BCUT2D eigenvalue weighted by Crippen LogP contribution is 2.41. The molecule has 11 rings (SSSR count). The SMILES string of the molecule is c1ccc(-n2c3ccccc3c3c4cc5cccc(-c6ccc(-n7c8ccccc8c8ccc(C9CCCC9)cc87)cc6)c5cc4ccc32)cc1. The molecule has 0 saturated heterocycles. The van der Waals surface area contributed by atoms with Crippen LogP contribution in [0, 0.1) is 0 Å². The quantitative estimate of drug-likeness (QED) is 0.167. The fourth-order valence-corrected chi connectivity index (χ4v) is 9.24. The van der Waals surface area contributed by atoms with Gasteiger partial charge in [0.1, 0.15) is 0 Å². The monoisotopic (exact) mass is 652 g/mol. The molecule has 0 aliphatic heterocycles. The summed E-state index contributed by atoms with van der Waals surface area (Å²) >= 11 is 0. The van der Waals surface area contributed by atoms with E-state index in [1.165, 1.54) is 119 Å². The summed E-state index contributed by atoms with van der Waals surface area (Å²) in [4.78, 5) is 0. The Kier molecular flexibility index (Phi) is 6.30. The highest BCUT2D eigenvalue weighted by atomic mass is 15.0. The van der Waals surface area contributed by atoms with E-state index in [0.717, 1.165) is 0 Å². The van der Waals surface area contributed by atoms with Crippen molar-refractivity contribution in [3.8, 4) is 22.5 Å². The molecule has 0 unspecified atom stereocenters. The number of benzene rings is 8. The fraction of sp³-hybridized carbons (Fsp3) is 0.102. The smallest absolute Gasteiger partial charge is 0.0547 e. The van der Waals surface area contributed by atoms with Crippen molar-refractivity contribution in [3.63, 3.8) is 0 Å². The van der Waals surface area contributed by atoms with Crippen LogP contribution in [0.1, 0.15) is 37.2 Å². The largest absolute Gasteiger partial charge is 0.309 e. The van der Waals surface area contributed by atoms with E-state index in [2.05, 4.69) is 173 Å². The van der Waals surface area contributed by atoms with E-state index in [1.54, 1.807) is 0 Å². The Morgan fingerprint density at radius 2 is 1.04 bits per heavy atom. The lowest BCUT2D eigenvalue weighted by Gasteiger charge is -2.13. The van der Waals surface area contributed by atoms with Gasteiger partial charge in [-0.15, -0.1) is 0 Å². The second-order valence-electron chi connectivity index (χ2n) is 14.4. The molecule has 2 aromatic heterocycles. The van der Waals surface area contributed by atoms with E-state index in [4.69, 9.17) is 0 Å². The van der Waals surface area contributed by atoms with Crippen molar-refractivity contribution in [2.75, 3.05) is 0 Å². The van der Waals surface area contributed by atoms with Crippen LogP contribution in [-0.2, 0) is 0 Å². The molecule has 0 amide bonds. The summed E-state index contributed by atoms with van der Waals surface area (Å²) in [5.74, 6) is 0.685. The van der Waals surface area contributed by atoms with Crippen molar-refractivity contribution in [3.05, 3.63) is 169 Å². The number of aromatic nitrogens is 2. The molecular weight excluding hydrogens is 617 g/mol. The highest BCUT2D eigenvalue weighted by molar-refractivity contribution is 6.23. The first kappa shape index (κ1) is 28.7. The van der Waals surface area contributed by atoms with Gasteiger partial charge < -0.3 is 9.13 Å². The van der Waals surface area contributed by atoms with Crippen LogP contribution < -0.4 is 0 Å². The summed E-state index contributed by atoms with van der Waals surface area (Å²) in [6.07, 6.45) is 5.31. The summed E-state index contributed by atoms with van der Waals surface area (Å²) in [5, 5.41) is 10.3. The average molecular weight is 653 g/mol. The Labute approximate surface area is 296 Å². The van der Waals surface area contributed by atoms with Crippen molar-refractivity contribution >= 4 is 65.2 Å². The first-order valence-electron chi connectivity index (χ1n) is 18.4. The van der Waals surface area contributed by atoms with E-state index in [9.17, 15) is 0 Å². The lowest BCUT2D eigenvalue weighted by atomic mass is 9.94. The minimum absolute atomic E-state index is 0.685. The molecule has 1 aliphatic rings. The van der Waals surface area contributed by atoms with Gasteiger partial charge in [0.15, 0.2) is 0 Å². The van der Waals surface area contributed by atoms with Gasteiger partial charge in [0.05, 0.1) is 22.1 Å². The van der Waals surface area contributed by atoms with Gasteiger partial charge in [-0.3, -0.25) is 0 Å². The third-order valence-corrected chi connectivity index (χ3v) is 11.6. The second-order valence-corrected chi connectivity index (χ2v) is 14.4. The van der Waals surface area contributed by atoms with Crippen molar-refractivity contribution < 1.29 is 0 Å². The van der Waals surface area contributed by atoms with Gasteiger partial charge in [0.2, 0.25) is 0 Å². The maximum absolute atomic E-state index is 2.48. The fourth-order valence-electron chi connectivity index (χ4n) is 9.24. The van der Waals surface area contributed by atoms with Gasteiger partial charge in [0.25, 0.3) is 0 Å². The van der Waals surface area contributed by atoms with Crippen LogP contribution in [0.25, 0.3) is 87.7 Å². The van der Waals surface area contributed by atoms with Crippen molar-refractivity contribution in [1.29, 1.82) is 0 Å². The van der Waals surface area contributed by atoms with Crippen LogP contribution >= 0.6 is 0 Å². The maximum Gasteiger partial charge on any atom is 0.0547 e. The van der Waals surface area contributed by atoms with E-state index < -0.39 is 0 Å². The van der Waals surface area contributed by atoms with Crippen LogP contribution in [-0.4, -0.2) is 9.13 Å².